The standard InChI is InChI=1S/C10H19ClO/c1-3-5-6-9(7-8-12)10(11)4-2/h4,9-10,12H,2-3,5-8H2,1H3. The number of aliphatic hydroxyl groups excluding tert-OH is 1. The van der Waals surface area contributed by atoms with E-state index in [0.29, 0.717) is 5.92 Å². The average molecular weight is 191 g/mol. The second kappa shape index (κ2) is 7.63. The molecule has 0 saturated carbocycles. The van der Waals surface area contributed by atoms with E-state index in [1.807, 2.05) is 0 Å². The van der Waals surface area contributed by atoms with E-state index in [4.69, 9.17) is 16.7 Å². The zero-order chi connectivity index (χ0) is 9.40. The lowest BCUT2D eigenvalue weighted by atomic mass is 9.95. The van der Waals surface area contributed by atoms with Gasteiger partial charge in [0, 0.05) is 6.61 Å². The van der Waals surface area contributed by atoms with E-state index in [1.54, 1.807) is 6.08 Å². The molecule has 0 heterocycles. The normalized spacial score (nSPS) is 15.6. The summed E-state index contributed by atoms with van der Waals surface area (Å²) in [5.41, 5.74) is 0. The van der Waals surface area contributed by atoms with Crippen molar-refractivity contribution in [1.82, 2.24) is 0 Å². The molecule has 0 spiro atoms. The number of allylic oxidation sites excluding steroid dienone is 1. The summed E-state index contributed by atoms with van der Waals surface area (Å²) in [7, 11) is 0. The van der Waals surface area contributed by atoms with Gasteiger partial charge >= 0.3 is 0 Å². The van der Waals surface area contributed by atoms with E-state index in [-0.39, 0.29) is 12.0 Å². The maximum absolute atomic E-state index is 8.79. The van der Waals surface area contributed by atoms with Crippen LogP contribution >= 0.6 is 11.6 Å². The van der Waals surface area contributed by atoms with Gasteiger partial charge in [0.1, 0.15) is 0 Å². The highest BCUT2D eigenvalue weighted by Gasteiger charge is 2.14. The first-order valence-electron chi connectivity index (χ1n) is 4.63. The molecule has 0 rings (SSSR count). The van der Waals surface area contributed by atoms with Crippen molar-refractivity contribution in [3.63, 3.8) is 0 Å². The van der Waals surface area contributed by atoms with Crippen LogP contribution < -0.4 is 0 Å². The molecule has 12 heavy (non-hydrogen) atoms. The Labute approximate surface area is 80.4 Å². The van der Waals surface area contributed by atoms with Crippen molar-refractivity contribution >= 4 is 11.6 Å². The molecule has 0 aromatic rings. The zero-order valence-corrected chi connectivity index (χ0v) is 8.56. The molecule has 2 heteroatoms. The Kier molecular flexibility index (Phi) is 7.62. The topological polar surface area (TPSA) is 20.2 Å². The van der Waals surface area contributed by atoms with Crippen LogP contribution in [0.5, 0.6) is 0 Å². The molecule has 0 radical (unpaired) electrons. The summed E-state index contributed by atoms with van der Waals surface area (Å²) in [6, 6.07) is 0. The Balaban J connectivity index is 3.75. The minimum absolute atomic E-state index is 0.0173. The molecular formula is C10H19ClO. The maximum Gasteiger partial charge on any atom is 0.0542 e. The summed E-state index contributed by atoms with van der Waals surface area (Å²) in [6.07, 6.45) is 6.01. The van der Waals surface area contributed by atoms with E-state index in [2.05, 4.69) is 13.5 Å². The van der Waals surface area contributed by atoms with Crippen molar-refractivity contribution in [2.75, 3.05) is 6.61 Å². The molecule has 72 valence electrons. The molecule has 0 amide bonds. The lowest BCUT2D eigenvalue weighted by Gasteiger charge is -2.17. The van der Waals surface area contributed by atoms with Gasteiger partial charge in [-0.05, 0) is 18.8 Å². The van der Waals surface area contributed by atoms with E-state index >= 15 is 0 Å². The van der Waals surface area contributed by atoms with Gasteiger partial charge in [-0.1, -0.05) is 25.8 Å². The molecule has 1 N–H and O–H groups in total. The molecule has 0 aromatic carbocycles. The van der Waals surface area contributed by atoms with Crippen molar-refractivity contribution in [3.8, 4) is 0 Å². The van der Waals surface area contributed by atoms with Gasteiger partial charge in [-0.15, -0.1) is 18.2 Å². The molecule has 0 aromatic heterocycles. The van der Waals surface area contributed by atoms with Crippen LogP contribution in [0.4, 0.5) is 0 Å². The summed E-state index contributed by atoms with van der Waals surface area (Å²) in [5.74, 6) is 0.397. The minimum atomic E-state index is 0.0173. The molecule has 1 nitrogen and oxygen atoms in total. The Morgan fingerprint density at radius 3 is 2.58 bits per heavy atom. The van der Waals surface area contributed by atoms with Crippen LogP contribution in [-0.4, -0.2) is 17.1 Å². The fourth-order valence-corrected chi connectivity index (χ4v) is 1.54. The molecule has 0 aliphatic carbocycles. The molecule has 0 aliphatic heterocycles. The van der Waals surface area contributed by atoms with Gasteiger partial charge in [-0.2, -0.15) is 0 Å². The summed E-state index contributed by atoms with van der Waals surface area (Å²) in [4.78, 5) is 0. The van der Waals surface area contributed by atoms with Crippen LogP contribution in [0.1, 0.15) is 32.6 Å². The van der Waals surface area contributed by atoms with Crippen LogP contribution in [-0.2, 0) is 0 Å². The highest BCUT2D eigenvalue weighted by Crippen LogP contribution is 2.21. The van der Waals surface area contributed by atoms with Crippen molar-refractivity contribution in [2.45, 2.75) is 38.0 Å². The predicted molar refractivity (Wildman–Crippen MR) is 54.6 cm³/mol. The first kappa shape index (κ1) is 12.0. The third kappa shape index (κ3) is 4.78. The third-order valence-corrected chi connectivity index (χ3v) is 2.64. The lowest BCUT2D eigenvalue weighted by molar-refractivity contribution is 0.252. The molecule has 0 bridgehead atoms. The van der Waals surface area contributed by atoms with Crippen LogP contribution in [0, 0.1) is 5.92 Å². The number of halogens is 1. The van der Waals surface area contributed by atoms with E-state index < -0.39 is 0 Å². The van der Waals surface area contributed by atoms with Gasteiger partial charge in [0.2, 0.25) is 0 Å². The summed E-state index contributed by atoms with van der Waals surface area (Å²) in [6.45, 7) is 6.05. The first-order chi connectivity index (χ1) is 5.76. The number of rotatable bonds is 7. The van der Waals surface area contributed by atoms with Crippen LogP contribution in [0.15, 0.2) is 12.7 Å². The fourth-order valence-electron chi connectivity index (χ4n) is 1.29. The second-order valence-electron chi connectivity index (χ2n) is 3.09. The minimum Gasteiger partial charge on any atom is -0.396 e. The van der Waals surface area contributed by atoms with Gasteiger partial charge < -0.3 is 5.11 Å². The van der Waals surface area contributed by atoms with E-state index in [0.717, 1.165) is 12.8 Å². The lowest BCUT2D eigenvalue weighted by Crippen LogP contribution is -2.14. The third-order valence-electron chi connectivity index (χ3n) is 2.10. The summed E-state index contributed by atoms with van der Waals surface area (Å²) in [5, 5.41) is 8.80. The van der Waals surface area contributed by atoms with Crippen molar-refractivity contribution in [2.24, 2.45) is 5.92 Å². The molecule has 0 aliphatic rings. The Morgan fingerprint density at radius 1 is 1.50 bits per heavy atom. The number of hydrogen-bond donors (Lipinski definition) is 1. The largest absolute Gasteiger partial charge is 0.396 e. The fraction of sp³-hybridized carbons (Fsp3) is 0.800. The van der Waals surface area contributed by atoms with Crippen molar-refractivity contribution in [1.29, 1.82) is 0 Å². The average Bonchev–Trinajstić information content (AvgIpc) is 2.11. The predicted octanol–water partition coefficient (Wildman–Crippen LogP) is 2.97. The molecular weight excluding hydrogens is 172 g/mol. The van der Waals surface area contributed by atoms with Gasteiger partial charge in [0.05, 0.1) is 5.38 Å². The van der Waals surface area contributed by atoms with Crippen molar-refractivity contribution < 1.29 is 5.11 Å². The smallest absolute Gasteiger partial charge is 0.0542 e. The molecule has 0 saturated heterocycles. The van der Waals surface area contributed by atoms with Gasteiger partial charge in [-0.25, -0.2) is 0 Å². The monoisotopic (exact) mass is 190 g/mol. The number of aliphatic hydroxyl groups is 1. The maximum atomic E-state index is 8.79. The number of hydrogen-bond acceptors (Lipinski definition) is 1. The second-order valence-corrected chi connectivity index (χ2v) is 3.60. The molecule has 0 fully saturated rings. The Morgan fingerprint density at radius 2 is 2.17 bits per heavy atom. The van der Waals surface area contributed by atoms with Gasteiger partial charge in [0.15, 0.2) is 0 Å². The molecule has 2 atom stereocenters. The van der Waals surface area contributed by atoms with Crippen LogP contribution in [0.2, 0.25) is 0 Å². The highest BCUT2D eigenvalue weighted by molar-refractivity contribution is 6.21. The van der Waals surface area contributed by atoms with Crippen LogP contribution in [0.25, 0.3) is 0 Å². The first-order valence-corrected chi connectivity index (χ1v) is 5.07. The summed E-state index contributed by atoms with van der Waals surface area (Å²) < 4.78 is 0. The van der Waals surface area contributed by atoms with Gasteiger partial charge in [0.25, 0.3) is 0 Å². The van der Waals surface area contributed by atoms with E-state index in [9.17, 15) is 0 Å². The molecule has 2 unspecified atom stereocenters. The number of unbranched alkanes of at least 4 members (excludes halogenated alkanes) is 1. The zero-order valence-electron chi connectivity index (χ0n) is 7.80. The van der Waals surface area contributed by atoms with Gasteiger partial charge in [-0.3, -0.25) is 0 Å². The van der Waals surface area contributed by atoms with Crippen LogP contribution in [0.3, 0.4) is 0 Å². The van der Waals surface area contributed by atoms with E-state index in [1.165, 1.54) is 12.8 Å². The summed E-state index contributed by atoms with van der Waals surface area (Å²) >= 11 is 6.02. The SMILES string of the molecule is C=CC(Cl)C(CCO)CCCC. The Bertz CT molecular complexity index is 114. The van der Waals surface area contributed by atoms with Crippen molar-refractivity contribution in [3.05, 3.63) is 12.7 Å². The Hall–Kier alpha value is -0.0100. The number of alkyl halides is 1. The quantitative estimate of drug-likeness (QED) is 0.484. The highest BCUT2D eigenvalue weighted by atomic mass is 35.5.